The van der Waals surface area contributed by atoms with E-state index in [9.17, 15) is 9.59 Å². The second kappa shape index (κ2) is 9.70. The number of carbonyl (C=O) groups excluding carboxylic acids is 2. The molecule has 1 aromatic carbocycles. The SMILES string of the molecule is CCc1nc(C)c(C=O)n1Cc1c2ccocc-2c(Br)c1-c1ccccc1NC(=O)OC(C)(C)C. The van der Waals surface area contributed by atoms with Crippen molar-refractivity contribution in [1.29, 1.82) is 0 Å². The van der Waals surface area contributed by atoms with Gasteiger partial charge in [0.2, 0.25) is 0 Å². The average Bonchev–Trinajstić information content (AvgIpc) is 3.26. The fourth-order valence-corrected chi connectivity index (χ4v) is 5.03. The Morgan fingerprint density at radius 2 is 1.94 bits per heavy atom. The van der Waals surface area contributed by atoms with Gasteiger partial charge in [-0.1, -0.05) is 25.1 Å². The van der Waals surface area contributed by atoms with Crippen molar-refractivity contribution >= 4 is 34.0 Å². The van der Waals surface area contributed by atoms with Crippen LogP contribution in [-0.4, -0.2) is 27.5 Å². The number of carbonyl (C=O) groups is 2. The van der Waals surface area contributed by atoms with Crippen molar-refractivity contribution in [3.05, 3.63) is 70.1 Å². The van der Waals surface area contributed by atoms with Crippen molar-refractivity contribution in [2.45, 2.75) is 53.2 Å². The van der Waals surface area contributed by atoms with Gasteiger partial charge < -0.3 is 13.7 Å². The third-order valence-corrected chi connectivity index (χ3v) is 6.54. The molecular formula is C27H28BrN3O4. The maximum absolute atomic E-state index is 12.6. The van der Waals surface area contributed by atoms with Gasteiger partial charge in [-0.3, -0.25) is 10.1 Å². The van der Waals surface area contributed by atoms with Crippen molar-refractivity contribution in [2.24, 2.45) is 0 Å². The molecule has 0 bridgehead atoms. The van der Waals surface area contributed by atoms with E-state index < -0.39 is 11.7 Å². The minimum atomic E-state index is -0.623. The molecule has 0 unspecified atom stereocenters. The van der Waals surface area contributed by atoms with Crippen LogP contribution >= 0.6 is 15.9 Å². The quantitative estimate of drug-likeness (QED) is 0.265. The number of fused-ring (bicyclic) bond motifs is 1. The first kappa shape index (κ1) is 24.7. The van der Waals surface area contributed by atoms with Crippen LogP contribution in [0.5, 0.6) is 0 Å². The molecule has 4 rings (SSSR count). The molecule has 0 fully saturated rings. The molecule has 7 nitrogen and oxygen atoms in total. The number of benzene rings is 1. The fraction of sp³-hybridized carbons (Fsp3) is 0.296. The van der Waals surface area contributed by atoms with Crippen molar-refractivity contribution in [1.82, 2.24) is 9.55 Å². The van der Waals surface area contributed by atoms with Crippen LogP contribution in [0.3, 0.4) is 0 Å². The Hall–Kier alpha value is -3.39. The fourth-order valence-electron chi connectivity index (χ4n) is 4.27. The molecule has 2 aliphatic rings. The van der Waals surface area contributed by atoms with E-state index in [0.29, 0.717) is 30.0 Å². The first-order chi connectivity index (χ1) is 16.6. The van der Waals surface area contributed by atoms with Crippen molar-refractivity contribution in [3.8, 4) is 22.3 Å². The van der Waals surface area contributed by atoms with Crippen LogP contribution in [0.2, 0.25) is 0 Å². The number of amides is 1. The zero-order valence-corrected chi connectivity index (χ0v) is 22.0. The van der Waals surface area contributed by atoms with E-state index in [2.05, 4.69) is 26.2 Å². The summed E-state index contributed by atoms with van der Waals surface area (Å²) in [7, 11) is 0. The molecule has 2 aromatic rings. The average molecular weight is 538 g/mol. The van der Waals surface area contributed by atoms with Crippen LogP contribution in [0.1, 0.15) is 55.3 Å². The zero-order valence-electron chi connectivity index (χ0n) is 20.4. The van der Waals surface area contributed by atoms with E-state index in [1.165, 1.54) is 0 Å². The number of imidazole rings is 1. The van der Waals surface area contributed by atoms with E-state index in [-0.39, 0.29) is 0 Å². The molecule has 0 atom stereocenters. The number of aryl methyl sites for hydroxylation is 2. The smallest absolute Gasteiger partial charge is 0.412 e. The molecule has 1 N–H and O–H groups in total. The van der Waals surface area contributed by atoms with Gasteiger partial charge in [-0.15, -0.1) is 0 Å². The number of rotatable bonds is 6. The molecule has 8 heteroatoms. The summed E-state index contributed by atoms with van der Waals surface area (Å²) in [6, 6.07) is 9.49. The van der Waals surface area contributed by atoms with Gasteiger partial charge in [0.25, 0.3) is 0 Å². The molecule has 1 aliphatic heterocycles. The van der Waals surface area contributed by atoms with E-state index in [0.717, 1.165) is 44.4 Å². The predicted octanol–water partition coefficient (Wildman–Crippen LogP) is 7.09. The number of ether oxygens (including phenoxy) is 1. The van der Waals surface area contributed by atoms with Crippen LogP contribution in [-0.2, 0) is 17.7 Å². The van der Waals surface area contributed by atoms with Gasteiger partial charge in [-0.2, -0.15) is 0 Å². The Morgan fingerprint density at radius 3 is 2.63 bits per heavy atom. The van der Waals surface area contributed by atoms with Crippen LogP contribution < -0.4 is 5.32 Å². The Balaban J connectivity index is 1.90. The molecular weight excluding hydrogens is 510 g/mol. The van der Waals surface area contributed by atoms with Crippen LogP contribution in [0, 0.1) is 6.92 Å². The van der Waals surface area contributed by atoms with E-state index in [1.54, 1.807) is 12.5 Å². The predicted molar refractivity (Wildman–Crippen MR) is 139 cm³/mol. The second-order valence-electron chi connectivity index (χ2n) is 9.28. The lowest BCUT2D eigenvalue weighted by Crippen LogP contribution is -2.27. The highest BCUT2D eigenvalue weighted by atomic mass is 79.9. The minimum absolute atomic E-state index is 0.431. The first-order valence-electron chi connectivity index (χ1n) is 11.4. The maximum atomic E-state index is 12.6. The third kappa shape index (κ3) is 4.89. The Kier molecular flexibility index (Phi) is 6.85. The van der Waals surface area contributed by atoms with Gasteiger partial charge in [0.05, 0.1) is 30.5 Å². The standard InChI is InChI=1S/C27H28BrN3O4/c1-6-23-29-16(2)22(14-32)31(23)13-19-17-11-12-34-15-20(17)25(28)24(19)18-9-7-8-10-21(18)30-26(33)35-27(3,4)5/h7-12,14-15H,6,13H2,1-5H3,(H,30,33). The number of halogens is 1. The van der Waals surface area contributed by atoms with Crippen molar-refractivity contribution < 1.29 is 18.7 Å². The highest BCUT2D eigenvalue weighted by Gasteiger charge is 2.27. The molecule has 182 valence electrons. The number of aromatic nitrogens is 2. The number of aldehydes is 1. The Labute approximate surface area is 213 Å². The topological polar surface area (TPSA) is 86.4 Å². The molecule has 35 heavy (non-hydrogen) atoms. The Morgan fingerprint density at radius 1 is 1.20 bits per heavy atom. The number of hydrogen-bond acceptors (Lipinski definition) is 5. The largest absolute Gasteiger partial charge is 0.472 e. The molecule has 0 saturated heterocycles. The summed E-state index contributed by atoms with van der Waals surface area (Å²) in [5, 5.41) is 2.90. The number of nitrogens with one attached hydrogen (secondary N) is 1. The lowest BCUT2D eigenvalue weighted by atomic mass is 10.0. The van der Waals surface area contributed by atoms with Gasteiger partial charge in [0.1, 0.15) is 17.1 Å². The Bertz CT molecular complexity index is 1360. The monoisotopic (exact) mass is 537 g/mol. The van der Waals surface area contributed by atoms with Gasteiger partial charge in [-0.25, -0.2) is 9.78 Å². The van der Waals surface area contributed by atoms with Gasteiger partial charge in [-0.05, 0) is 66.9 Å². The summed E-state index contributed by atoms with van der Waals surface area (Å²) < 4.78 is 13.8. The minimum Gasteiger partial charge on any atom is -0.472 e. The zero-order chi connectivity index (χ0) is 25.3. The lowest BCUT2D eigenvalue weighted by molar-refractivity contribution is 0.0636. The second-order valence-corrected chi connectivity index (χ2v) is 10.1. The number of hydrogen-bond donors (Lipinski definition) is 1. The summed E-state index contributed by atoms with van der Waals surface area (Å²) >= 11 is 3.78. The lowest BCUT2D eigenvalue weighted by Gasteiger charge is -2.21. The summed E-state index contributed by atoms with van der Waals surface area (Å²) in [6.07, 6.45) is 4.34. The van der Waals surface area contributed by atoms with Crippen LogP contribution in [0.15, 0.2) is 51.7 Å². The van der Waals surface area contributed by atoms with Gasteiger partial charge in [0, 0.05) is 27.6 Å². The summed E-state index contributed by atoms with van der Waals surface area (Å²) in [5.41, 5.74) is 5.83. The molecule has 1 aromatic heterocycles. The molecule has 1 aliphatic carbocycles. The van der Waals surface area contributed by atoms with E-state index >= 15 is 0 Å². The number of nitrogens with zero attached hydrogens (tertiary/aromatic N) is 2. The van der Waals surface area contributed by atoms with Gasteiger partial charge in [0.15, 0.2) is 6.29 Å². The first-order valence-corrected chi connectivity index (χ1v) is 12.2. The van der Waals surface area contributed by atoms with Crippen molar-refractivity contribution in [2.75, 3.05) is 5.32 Å². The normalized spacial score (nSPS) is 11.6. The molecule has 0 saturated carbocycles. The summed E-state index contributed by atoms with van der Waals surface area (Å²) in [6.45, 7) is 9.77. The number of anilines is 1. The van der Waals surface area contributed by atoms with Crippen LogP contribution in [0.4, 0.5) is 10.5 Å². The molecule has 2 heterocycles. The summed E-state index contributed by atoms with van der Waals surface area (Å²) in [5.74, 6) is 0.835. The van der Waals surface area contributed by atoms with Crippen molar-refractivity contribution in [3.63, 3.8) is 0 Å². The highest BCUT2D eigenvalue weighted by molar-refractivity contribution is 9.10. The van der Waals surface area contributed by atoms with Crippen LogP contribution in [0.25, 0.3) is 22.3 Å². The number of para-hydroxylation sites is 1. The molecule has 0 radical (unpaired) electrons. The van der Waals surface area contributed by atoms with Gasteiger partial charge >= 0.3 is 6.09 Å². The third-order valence-electron chi connectivity index (χ3n) is 5.72. The van der Waals surface area contributed by atoms with E-state index in [4.69, 9.17) is 9.15 Å². The highest BCUT2D eigenvalue weighted by Crippen LogP contribution is 2.48. The molecule has 0 spiro atoms. The van der Waals surface area contributed by atoms with E-state index in [1.807, 2.05) is 69.5 Å². The summed E-state index contributed by atoms with van der Waals surface area (Å²) in [4.78, 5) is 29.1. The molecule has 1 amide bonds. The maximum Gasteiger partial charge on any atom is 0.412 e.